The molecular weight excluding hydrogens is 220 g/mol. The molecule has 1 amide bonds. The molecule has 1 aliphatic rings. The van der Waals surface area contributed by atoms with Crippen molar-refractivity contribution in [1.82, 2.24) is 0 Å². The van der Waals surface area contributed by atoms with Gasteiger partial charge in [-0.1, -0.05) is 6.07 Å². The summed E-state index contributed by atoms with van der Waals surface area (Å²) >= 11 is 1.61. The lowest BCUT2D eigenvalue weighted by molar-refractivity contribution is -0.113. The Hall–Kier alpha value is -1.00. The molecule has 0 saturated heterocycles. The maximum atomic E-state index is 11.2. The third-order valence-corrected chi connectivity index (χ3v) is 3.65. The molecule has 0 saturated carbocycles. The summed E-state index contributed by atoms with van der Waals surface area (Å²) in [7, 11) is 0. The summed E-state index contributed by atoms with van der Waals surface area (Å²) in [6.07, 6.45) is 3.27. The maximum Gasteiger partial charge on any atom is 0.234 e. The number of carbonyl (C=O) groups excluding carboxylic acids is 1. The lowest BCUT2D eigenvalue weighted by Gasteiger charge is -2.16. The van der Waals surface area contributed by atoms with E-state index in [1.807, 2.05) is 6.07 Å². The molecule has 0 aromatic heterocycles. The zero-order valence-electron chi connectivity index (χ0n) is 9.16. The summed E-state index contributed by atoms with van der Waals surface area (Å²) in [6, 6.07) is 6.26. The van der Waals surface area contributed by atoms with Gasteiger partial charge in [0.05, 0.1) is 11.4 Å². The van der Waals surface area contributed by atoms with Gasteiger partial charge in [-0.25, -0.2) is 0 Å². The van der Waals surface area contributed by atoms with Crippen molar-refractivity contribution in [3.63, 3.8) is 0 Å². The molecule has 0 aliphatic carbocycles. The molecule has 0 atom stereocenters. The molecule has 2 rings (SSSR count). The number of nitrogens with one attached hydrogen (secondary N) is 1. The number of hydrogen-bond donors (Lipinski definition) is 2. The number of nitrogens with two attached hydrogens (primary N) is 1. The van der Waals surface area contributed by atoms with Gasteiger partial charge in [0, 0.05) is 4.90 Å². The molecule has 0 fully saturated rings. The van der Waals surface area contributed by atoms with E-state index in [9.17, 15) is 4.79 Å². The quantitative estimate of drug-likeness (QED) is 0.786. The average molecular weight is 236 g/mol. The number of hydrogen-bond acceptors (Lipinski definition) is 3. The van der Waals surface area contributed by atoms with Crippen molar-refractivity contribution in [2.24, 2.45) is 5.73 Å². The monoisotopic (exact) mass is 236 g/mol. The zero-order valence-corrected chi connectivity index (χ0v) is 9.98. The highest BCUT2D eigenvalue weighted by Crippen LogP contribution is 2.32. The molecule has 0 bridgehead atoms. The Morgan fingerprint density at radius 3 is 3.06 bits per heavy atom. The summed E-state index contributed by atoms with van der Waals surface area (Å²) in [6.45, 7) is 0.760. The van der Waals surface area contributed by atoms with Gasteiger partial charge >= 0.3 is 0 Å². The van der Waals surface area contributed by atoms with Crippen LogP contribution in [0, 0.1) is 0 Å². The Morgan fingerprint density at radius 2 is 2.25 bits per heavy atom. The first-order valence-electron chi connectivity index (χ1n) is 5.55. The molecule has 4 heteroatoms. The lowest BCUT2D eigenvalue weighted by atomic mass is 10.1. The Balaban J connectivity index is 2.04. The van der Waals surface area contributed by atoms with E-state index in [1.54, 1.807) is 11.8 Å². The second-order valence-corrected chi connectivity index (χ2v) is 4.93. The van der Waals surface area contributed by atoms with Gasteiger partial charge in [-0.05, 0) is 43.5 Å². The number of unbranched alkanes of at least 4 members (excludes halogenated alkanes) is 1. The number of anilines is 1. The van der Waals surface area contributed by atoms with Crippen LogP contribution in [0.25, 0.3) is 0 Å². The number of amides is 1. The van der Waals surface area contributed by atoms with E-state index in [0.29, 0.717) is 5.75 Å². The summed E-state index contributed by atoms with van der Waals surface area (Å²) < 4.78 is 0. The van der Waals surface area contributed by atoms with Gasteiger partial charge < -0.3 is 11.1 Å². The topological polar surface area (TPSA) is 55.1 Å². The molecule has 1 aromatic carbocycles. The SMILES string of the molecule is NCCCCc1ccc2c(c1)SCC(=O)N2. The van der Waals surface area contributed by atoms with E-state index in [4.69, 9.17) is 5.73 Å². The smallest absolute Gasteiger partial charge is 0.234 e. The number of rotatable bonds is 4. The highest BCUT2D eigenvalue weighted by molar-refractivity contribution is 8.00. The molecule has 86 valence electrons. The third-order valence-electron chi connectivity index (χ3n) is 2.60. The number of carbonyl (C=O) groups is 1. The van der Waals surface area contributed by atoms with E-state index >= 15 is 0 Å². The van der Waals surface area contributed by atoms with Crippen molar-refractivity contribution in [3.8, 4) is 0 Å². The van der Waals surface area contributed by atoms with Gasteiger partial charge in [0.2, 0.25) is 5.91 Å². The summed E-state index contributed by atoms with van der Waals surface area (Å²) in [4.78, 5) is 12.4. The van der Waals surface area contributed by atoms with Gasteiger partial charge in [-0.3, -0.25) is 4.79 Å². The predicted molar refractivity (Wildman–Crippen MR) is 67.8 cm³/mol. The fourth-order valence-electron chi connectivity index (χ4n) is 1.75. The summed E-state index contributed by atoms with van der Waals surface area (Å²) in [5.41, 5.74) is 7.74. The number of aryl methyl sites for hydroxylation is 1. The Kier molecular flexibility index (Phi) is 3.85. The third kappa shape index (κ3) is 2.77. The number of benzene rings is 1. The largest absolute Gasteiger partial charge is 0.330 e. The molecule has 3 nitrogen and oxygen atoms in total. The van der Waals surface area contributed by atoms with E-state index in [1.165, 1.54) is 10.5 Å². The fourth-order valence-corrected chi connectivity index (χ4v) is 2.62. The first-order chi connectivity index (χ1) is 7.79. The van der Waals surface area contributed by atoms with Crippen LogP contribution in [0.4, 0.5) is 5.69 Å². The van der Waals surface area contributed by atoms with Crippen LogP contribution in [0.3, 0.4) is 0 Å². The standard InChI is InChI=1S/C12H16N2OS/c13-6-2-1-3-9-4-5-10-11(7-9)16-8-12(15)14-10/h4-5,7H,1-3,6,8,13H2,(H,14,15). The van der Waals surface area contributed by atoms with Crippen molar-refractivity contribution in [2.75, 3.05) is 17.6 Å². The average Bonchev–Trinajstić information content (AvgIpc) is 2.29. The van der Waals surface area contributed by atoms with Crippen molar-refractivity contribution in [2.45, 2.75) is 24.2 Å². The van der Waals surface area contributed by atoms with Gasteiger partial charge in [0.1, 0.15) is 0 Å². The van der Waals surface area contributed by atoms with Crippen LogP contribution in [-0.4, -0.2) is 18.2 Å². The van der Waals surface area contributed by atoms with Gasteiger partial charge in [0.25, 0.3) is 0 Å². The minimum atomic E-state index is 0.0911. The van der Waals surface area contributed by atoms with E-state index in [-0.39, 0.29) is 5.91 Å². The number of thioether (sulfide) groups is 1. The molecule has 1 heterocycles. The Bertz CT molecular complexity index is 393. The van der Waals surface area contributed by atoms with E-state index < -0.39 is 0 Å². The fraction of sp³-hybridized carbons (Fsp3) is 0.417. The van der Waals surface area contributed by atoms with Crippen LogP contribution in [0.15, 0.2) is 23.1 Å². The lowest BCUT2D eigenvalue weighted by Crippen LogP contribution is -2.18. The second kappa shape index (κ2) is 5.37. The molecule has 0 radical (unpaired) electrons. The van der Waals surface area contributed by atoms with E-state index in [2.05, 4.69) is 17.4 Å². The Morgan fingerprint density at radius 1 is 1.38 bits per heavy atom. The normalized spacial score (nSPS) is 14.4. The second-order valence-electron chi connectivity index (χ2n) is 3.91. The zero-order chi connectivity index (χ0) is 11.4. The van der Waals surface area contributed by atoms with E-state index in [0.717, 1.165) is 31.5 Å². The first kappa shape index (κ1) is 11.5. The minimum Gasteiger partial charge on any atom is -0.330 e. The van der Waals surface area contributed by atoms with Crippen LogP contribution in [0.5, 0.6) is 0 Å². The molecule has 1 aromatic rings. The van der Waals surface area contributed by atoms with Gasteiger partial charge in [-0.2, -0.15) is 0 Å². The maximum absolute atomic E-state index is 11.2. The van der Waals surface area contributed by atoms with Crippen molar-refractivity contribution >= 4 is 23.4 Å². The van der Waals surface area contributed by atoms with Crippen LogP contribution in [-0.2, 0) is 11.2 Å². The first-order valence-corrected chi connectivity index (χ1v) is 6.54. The summed E-state index contributed by atoms with van der Waals surface area (Å²) in [5.74, 6) is 0.618. The van der Waals surface area contributed by atoms with Gasteiger partial charge in [-0.15, -0.1) is 11.8 Å². The predicted octanol–water partition coefficient (Wildman–Crippen LogP) is 2.01. The molecule has 3 N–H and O–H groups in total. The molecule has 0 unspecified atom stereocenters. The van der Waals surface area contributed by atoms with Crippen molar-refractivity contribution < 1.29 is 4.79 Å². The molecule has 0 spiro atoms. The van der Waals surface area contributed by atoms with Crippen molar-refractivity contribution in [3.05, 3.63) is 23.8 Å². The highest BCUT2D eigenvalue weighted by atomic mass is 32.2. The molecule has 1 aliphatic heterocycles. The Labute approximate surface area is 99.8 Å². The van der Waals surface area contributed by atoms with Crippen LogP contribution >= 0.6 is 11.8 Å². The highest BCUT2D eigenvalue weighted by Gasteiger charge is 2.14. The minimum absolute atomic E-state index is 0.0911. The molecular formula is C12H16N2OS. The molecule has 16 heavy (non-hydrogen) atoms. The van der Waals surface area contributed by atoms with Crippen LogP contribution < -0.4 is 11.1 Å². The van der Waals surface area contributed by atoms with Crippen LogP contribution in [0.2, 0.25) is 0 Å². The van der Waals surface area contributed by atoms with Crippen molar-refractivity contribution in [1.29, 1.82) is 0 Å². The summed E-state index contributed by atoms with van der Waals surface area (Å²) in [5, 5.41) is 2.87. The number of fused-ring (bicyclic) bond motifs is 1. The van der Waals surface area contributed by atoms with Gasteiger partial charge in [0.15, 0.2) is 0 Å². The van der Waals surface area contributed by atoms with Crippen LogP contribution in [0.1, 0.15) is 18.4 Å².